The maximum Gasteiger partial charge on any atom is 0.255 e. The molecule has 6 rings (SSSR count). The van der Waals surface area contributed by atoms with Crippen LogP contribution in [0.5, 0.6) is 0 Å². The van der Waals surface area contributed by atoms with E-state index >= 15 is 0 Å². The Hall–Kier alpha value is -3.38. The fourth-order valence-corrected chi connectivity index (χ4v) is 7.43. The summed E-state index contributed by atoms with van der Waals surface area (Å²) >= 11 is 24.7. The van der Waals surface area contributed by atoms with Crippen molar-refractivity contribution < 1.29 is 37.4 Å². The largest absolute Gasteiger partial charge is 0.383 e. The zero-order valence-corrected chi connectivity index (χ0v) is 29.1. The minimum atomic E-state index is -1.23. The Bertz CT molecular complexity index is 1730. The second-order valence-electron chi connectivity index (χ2n) is 12.2. The molecule has 0 spiro atoms. The maximum absolute atomic E-state index is 13.9. The lowest BCUT2D eigenvalue weighted by Crippen LogP contribution is -2.49. The number of halogens is 8. The number of piperidine rings is 2. The van der Waals surface area contributed by atoms with Gasteiger partial charge in [0.25, 0.3) is 11.8 Å². The Kier molecular flexibility index (Phi) is 12.4. The van der Waals surface area contributed by atoms with Gasteiger partial charge in [0.05, 0.1) is 31.5 Å². The van der Waals surface area contributed by atoms with Crippen LogP contribution in [0, 0.1) is 35.1 Å². The highest BCUT2D eigenvalue weighted by molar-refractivity contribution is 6.40. The number of carbonyl (C=O) groups excluding carboxylic acids is 2. The molecule has 4 aromatic carbocycles. The first-order valence-electron chi connectivity index (χ1n) is 15.5. The van der Waals surface area contributed by atoms with Gasteiger partial charge in [-0.25, -0.2) is 17.6 Å². The molecule has 2 aliphatic heterocycles. The highest BCUT2D eigenvalue weighted by Crippen LogP contribution is 2.38. The number of hydrogen-bond acceptors (Lipinski definition) is 4. The molecule has 2 heterocycles. The first-order valence-corrected chi connectivity index (χ1v) is 17.0. The van der Waals surface area contributed by atoms with E-state index < -0.39 is 47.3 Å². The van der Waals surface area contributed by atoms with Gasteiger partial charge in [0.15, 0.2) is 0 Å². The number of para-hydroxylation sites is 2. The van der Waals surface area contributed by atoms with Gasteiger partial charge in [0.2, 0.25) is 0 Å². The Morgan fingerprint density at radius 1 is 0.580 bits per heavy atom. The van der Waals surface area contributed by atoms with Gasteiger partial charge >= 0.3 is 0 Å². The van der Waals surface area contributed by atoms with Crippen LogP contribution < -0.4 is 9.80 Å². The Balaban J connectivity index is 0.000000194. The maximum atomic E-state index is 13.9. The van der Waals surface area contributed by atoms with Crippen molar-refractivity contribution in [2.75, 3.05) is 22.9 Å². The third-order valence-electron chi connectivity index (χ3n) is 8.56. The molecule has 0 aromatic heterocycles. The highest BCUT2D eigenvalue weighted by Gasteiger charge is 2.37. The van der Waals surface area contributed by atoms with Crippen molar-refractivity contribution in [3.8, 4) is 0 Å². The molecule has 4 atom stereocenters. The van der Waals surface area contributed by atoms with Gasteiger partial charge in [-0.3, -0.25) is 9.59 Å². The normalized spacial score (nSPS) is 20.8. The minimum Gasteiger partial charge on any atom is -0.383 e. The predicted molar refractivity (Wildman–Crippen MR) is 186 cm³/mol. The van der Waals surface area contributed by atoms with Crippen LogP contribution in [0.25, 0.3) is 0 Å². The second-order valence-corrected chi connectivity index (χ2v) is 13.8. The van der Waals surface area contributed by atoms with Gasteiger partial charge in [-0.1, -0.05) is 70.7 Å². The van der Waals surface area contributed by atoms with Crippen LogP contribution in [0.15, 0.2) is 72.8 Å². The summed E-state index contributed by atoms with van der Waals surface area (Å²) in [5.41, 5.74) is 1.33. The lowest BCUT2D eigenvalue weighted by Gasteiger charge is -2.36. The number of carbonyl (C=O) groups is 2. The van der Waals surface area contributed by atoms with Gasteiger partial charge in [-0.05, 0) is 85.0 Å². The average Bonchev–Trinajstić information content (AvgIpc) is 3.04. The molecule has 2 amide bonds. The average molecular weight is 772 g/mol. The molecule has 2 aliphatic rings. The fraction of sp³-hybridized carbons (Fsp3) is 0.278. The molecular weight excluding hydrogens is 742 g/mol. The Labute approximate surface area is 305 Å². The quantitative estimate of drug-likeness (QED) is 0.193. The van der Waals surface area contributed by atoms with Crippen molar-refractivity contribution in [3.05, 3.63) is 127 Å². The first-order chi connectivity index (χ1) is 23.7. The van der Waals surface area contributed by atoms with Gasteiger partial charge in [0, 0.05) is 25.2 Å². The Morgan fingerprint density at radius 3 is 1.24 bits per heavy atom. The topological polar surface area (TPSA) is 81.1 Å². The van der Waals surface area contributed by atoms with E-state index in [2.05, 4.69) is 0 Å². The first kappa shape index (κ1) is 37.9. The van der Waals surface area contributed by atoms with Gasteiger partial charge in [-0.2, -0.15) is 0 Å². The van der Waals surface area contributed by atoms with Crippen LogP contribution in [0.4, 0.5) is 28.9 Å². The van der Waals surface area contributed by atoms with E-state index in [1.807, 2.05) is 0 Å². The summed E-state index contributed by atoms with van der Waals surface area (Å²) in [5, 5.41) is 21.4. The van der Waals surface area contributed by atoms with E-state index in [1.54, 1.807) is 36.4 Å². The van der Waals surface area contributed by atoms with Crippen molar-refractivity contribution in [1.29, 1.82) is 0 Å². The van der Waals surface area contributed by atoms with Gasteiger partial charge < -0.3 is 20.0 Å². The third kappa shape index (κ3) is 8.73. The van der Waals surface area contributed by atoms with E-state index in [1.165, 1.54) is 34.1 Å². The zero-order valence-electron chi connectivity index (χ0n) is 26.1. The van der Waals surface area contributed by atoms with Crippen molar-refractivity contribution >= 4 is 69.6 Å². The molecule has 0 radical (unpaired) electrons. The molecule has 0 saturated carbocycles. The summed E-state index contributed by atoms with van der Waals surface area (Å²) in [4.78, 5) is 27.4. The van der Waals surface area contributed by atoms with Crippen molar-refractivity contribution in [1.82, 2.24) is 0 Å². The molecule has 50 heavy (non-hydrogen) atoms. The summed E-state index contributed by atoms with van der Waals surface area (Å²) in [6, 6.07) is 16.5. The van der Waals surface area contributed by atoms with Crippen molar-refractivity contribution in [2.45, 2.75) is 37.9 Å². The number of anilines is 2. The molecule has 2 fully saturated rings. The van der Waals surface area contributed by atoms with Gasteiger partial charge in [-0.15, -0.1) is 0 Å². The predicted octanol–water partition coefficient (Wildman–Crippen LogP) is 8.46. The van der Waals surface area contributed by atoms with Crippen LogP contribution in [0.3, 0.4) is 0 Å². The number of hydrogen-bond donors (Lipinski definition) is 2. The monoisotopic (exact) mass is 770 g/mol. The zero-order chi connectivity index (χ0) is 36.3. The molecule has 0 bridgehead atoms. The summed E-state index contributed by atoms with van der Waals surface area (Å²) < 4.78 is 53.9. The number of amides is 2. The molecule has 0 unspecified atom stereocenters. The third-order valence-corrected chi connectivity index (χ3v) is 9.78. The number of aliphatic hydroxyl groups excluding tert-OH is 2. The molecule has 14 heteroatoms. The SMILES string of the molecule is O=C1[C@@H](O)C[C@@H](Cc2ccc(F)cc2F)CN1c1c(Cl)cccc1Cl.O=C1[C@H](O)C[C@@H](Cc2ccc(F)cc2F)CN1c1c(Cl)cccc1Cl. The van der Waals surface area contributed by atoms with E-state index in [9.17, 15) is 37.4 Å². The smallest absolute Gasteiger partial charge is 0.255 e. The Morgan fingerprint density at radius 2 is 0.920 bits per heavy atom. The standard InChI is InChI=1S/2C18H15Cl2F2NO2/c2*19-13-2-1-3-14(20)17(13)23-9-10(7-16(24)18(23)25)6-11-4-5-12(21)8-15(11)22/h2*1-5,8,10,16,24H,6-7,9H2/t10-,16+;10-,16-/m11/s1. The number of benzene rings is 4. The molecule has 0 aliphatic carbocycles. The molecular formula is C36H30Cl4F4N2O4. The number of rotatable bonds is 6. The lowest BCUT2D eigenvalue weighted by atomic mass is 9.89. The van der Waals surface area contributed by atoms with Crippen LogP contribution in [-0.2, 0) is 22.4 Å². The van der Waals surface area contributed by atoms with Crippen molar-refractivity contribution in [3.63, 3.8) is 0 Å². The summed E-state index contributed by atoms with van der Waals surface area (Å²) in [5.74, 6) is -4.02. The molecule has 264 valence electrons. The molecule has 2 saturated heterocycles. The fourth-order valence-electron chi connectivity index (χ4n) is 6.23. The highest BCUT2D eigenvalue weighted by atomic mass is 35.5. The van der Waals surface area contributed by atoms with Crippen LogP contribution in [0.1, 0.15) is 24.0 Å². The van der Waals surface area contributed by atoms with Crippen LogP contribution in [0.2, 0.25) is 20.1 Å². The van der Waals surface area contributed by atoms with E-state index in [-0.39, 0.29) is 50.6 Å². The minimum absolute atomic E-state index is 0.189. The summed E-state index contributed by atoms with van der Waals surface area (Å²) in [6.07, 6.45) is -1.56. The van der Waals surface area contributed by atoms with E-state index in [0.29, 0.717) is 42.6 Å². The molecule has 6 nitrogen and oxygen atoms in total. The number of aliphatic hydroxyl groups is 2. The van der Waals surface area contributed by atoms with Crippen LogP contribution >= 0.6 is 46.4 Å². The summed E-state index contributed by atoms with van der Waals surface area (Å²) in [6.45, 7) is 0.465. The lowest BCUT2D eigenvalue weighted by molar-refractivity contribution is -0.130. The molecule has 4 aromatic rings. The number of nitrogens with zero attached hydrogens (tertiary/aromatic N) is 2. The van der Waals surface area contributed by atoms with E-state index in [4.69, 9.17) is 46.4 Å². The van der Waals surface area contributed by atoms with Crippen molar-refractivity contribution in [2.24, 2.45) is 11.8 Å². The summed E-state index contributed by atoms with van der Waals surface area (Å²) in [7, 11) is 0. The molecule has 2 N–H and O–H groups in total. The second kappa shape index (κ2) is 16.3. The van der Waals surface area contributed by atoms with Gasteiger partial charge in [0.1, 0.15) is 35.5 Å². The van der Waals surface area contributed by atoms with E-state index in [0.717, 1.165) is 12.1 Å². The van der Waals surface area contributed by atoms with Crippen LogP contribution in [-0.4, -0.2) is 47.3 Å².